The quantitative estimate of drug-likeness (QED) is 0.482. The van der Waals surface area contributed by atoms with Crippen LogP contribution in [0.15, 0.2) is 35.2 Å². The molecule has 2 rings (SSSR count). The molecule has 2 aliphatic heterocycles. The van der Waals surface area contributed by atoms with Crippen molar-refractivity contribution in [3.05, 3.63) is 35.2 Å². The fourth-order valence-corrected chi connectivity index (χ4v) is 3.65. The number of hydrogen-bond acceptors (Lipinski definition) is 0. The third-order valence-electron chi connectivity index (χ3n) is 1.36. The zero-order valence-electron chi connectivity index (χ0n) is 5.36. The molecule has 0 amide bonds. The summed E-state index contributed by atoms with van der Waals surface area (Å²) in [5.41, 5.74) is 3.31. The summed E-state index contributed by atoms with van der Waals surface area (Å²) >= 11 is 0. The Bertz CT molecular complexity index is 342. The van der Waals surface area contributed by atoms with Gasteiger partial charge in [0.1, 0.15) is 0 Å². The molecule has 0 saturated heterocycles. The normalized spacial score (nSPS) is 24.4. The van der Waals surface area contributed by atoms with Crippen molar-refractivity contribution in [1.29, 1.82) is 0 Å². The minimum atomic E-state index is -0.165. The monoisotopic (exact) mass is 164 g/mol. The second kappa shape index (κ2) is 2.60. The molecule has 0 aromatic heterocycles. The molecule has 0 spiro atoms. The van der Waals surface area contributed by atoms with E-state index in [2.05, 4.69) is 35.2 Å². The number of allylic oxidation sites excluding steroid dienone is 4. The first kappa shape index (κ1) is 6.20. The van der Waals surface area contributed by atoms with Gasteiger partial charge in [0.15, 0.2) is 0 Å². The van der Waals surface area contributed by atoms with E-state index >= 15 is 0 Å². The zero-order chi connectivity index (χ0) is 6.81. The maximum absolute atomic E-state index is 3.31. The summed E-state index contributed by atoms with van der Waals surface area (Å²) in [6.07, 6.45) is 6.24. The molecule has 0 aliphatic carbocycles. The number of rotatable bonds is 0. The van der Waals surface area contributed by atoms with Crippen molar-refractivity contribution < 1.29 is 0 Å². The first-order valence-electron chi connectivity index (χ1n) is 3.09. The largest absolute Gasteiger partial charge is 0.0935 e. The predicted molar refractivity (Wildman–Crippen MR) is 50.2 cm³/mol. The van der Waals surface area contributed by atoms with Crippen LogP contribution in [0.1, 0.15) is 0 Å². The molecule has 0 fully saturated rings. The van der Waals surface area contributed by atoms with Crippen molar-refractivity contribution in [1.82, 2.24) is 0 Å². The van der Waals surface area contributed by atoms with Gasteiger partial charge in [-0.1, -0.05) is 19.9 Å². The van der Waals surface area contributed by atoms with Crippen molar-refractivity contribution in [3.63, 3.8) is 0 Å². The maximum atomic E-state index is 3.31. The summed E-state index contributed by atoms with van der Waals surface area (Å²) in [6, 6.07) is 0. The van der Waals surface area contributed by atoms with Crippen LogP contribution in [-0.2, 0) is 0 Å². The lowest BCUT2D eigenvalue weighted by molar-refractivity contribution is 1.96. The molecule has 0 aromatic carbocycles. The molecule has 0 N–H and O–H groups in total. The summed E-state index contributed by atoms with van der Waals surface area (Å²) in [5.74, 6) is 6.70. The van der Waals surface area contributed by atoms with Gasteiger partial charge in [0.05, 0.1) is 0 Å². The maximum Gasteiger partial charge on any atom is 0.00970 e. The third kappa shape index (κ3) is 1.02. The van der Waals surface area contributed by atoms with Gasteiger partial charge in [-0.15, -0.1) is 0 Å². The van der Waals surface area contributed by atoms with E-state index in [1.54, 1.807) is 0 Å². The minimum Gasteiger partial charge on any atom is -0.0935 e. The SMILES string of the molecule is C1#P2C=CP=CC2=CC=C1. The van der Waals surface area contributed by atoms with Crippen molar-refractivity contribution in [2.45, 2.75) is 0 Å². The standard InChI is InChI=1S/C8H6P2/c1-2-5-10-6-4-9-7-8(10)3-1/h1-4,6-7H. The van der Waals surface area contributed by atoms with Gasteiger partial charge in [0, 0.05) is 5.31 Å². The van der Waals surface area contributed by atoms with E-state index in [9.17, 15) is 0 Å². The molecule has 2 heterocycles. The van der Waals surface area contributed by atoms with E-state index in [1.165, 1.54) is 13.5 Å². The van der Waals surface area contributed by atoms with E-state index in [4.69, 9.17) is 0 Å². The van der Waals surface area contributed by atoms with Gasteiger partial charge in [-0.25, -0.2) is 0 Å². The van der Waals surface area contributed by atoms with Crippen molar-refractivity contribution >= 4 is 21.4 Å². The highest BCUT2D eigenvalue weighted by Crippen LogP contribution is 2.37. The van der Waals surface area contributed by atoms with Crippen molar-refractivity contribution in [3.8, 4) is 5.63 Å². The van der Waals surface area contributed by atoms with Crippen LogP contribution in [0, 0.1) is 5.63 Å². The van der Waals surface area contributed by atoms with Gasteiger partial charge < -0.3 is 0 Å². The fraction of sp³-hybridized carbons (Fsp3) is 0. The van der Waals surface area contributed by atoms with Crippen molar-refractivity contribution in [2.75, 3.05) is 0 Å². The van der Waals surface area contributed by atoms with Crippen LogP contribution < -0.4 is 0 Å². The molecule has 0 saturated carbocycles. The van der Waals surface area contributed by atoms with Gasteiger partial charge >= 0.3 is 0 Å². The first-order valence-corrected chi connectivity index (χ1v) is 5.53. The number of fused-ring (bicyclic) bond motifs is 1. The fourth-order valence-electron chi connectivity index (χ4n) is 0.884. The molecule has 2 aliphatic rings. The van der Waals surface area contributed by atoms with E-state index in [0.717, 1.165) is 0 Å². The second-order valence-electron chi connectivity index (χ2n) is 2.03. The Balaban J connectivity index is 2.59. The average Bonchev–Trinajstić information content (AvgIpc) is 2.05. The lowest BCUT2D eigenvalue weighted by atomic mass is 10.4. The molecular formula is C8H6P2. The summed E-state index contributed by atoms with van der Waals surface area (Å²) in [4.78, 5) is 0. The molecule has 0 bridgehead atoms. The van der Waals surface area contributed by atoms with E-state index < -0.39 is 0 Å². The summed E-state index contributed by atoms with van der Waals surface area (Å²) in [5, 5.41) is 1.45. The highest BCUT2D eigenvalue weighted by Gasteiger charge is 1.98. The summed E-state index contributed by atoms with van der Waals surface area (Å²) in [7, 11) is 1.15. The first-order chi connectivity index (χ1) is 4.97. The molecule has 0 nitrogen and oxygen atoms in total. The Kier molecular flexibility index (Phi) is 1.61. The molecule has 48 valence electrons. The highest BCUT2D eigenvalue weighted by atomic mass is 31.1. The minimum absolute atomic E-state index is 0.165. The predicted octanol–water partition coefficient (Wildman–Crippen LogP) is 3.11. The van der Waals surface area contributed by atoms with E-state index in [1.807, 2.05) is 6.08 Å². The third-order valence-corrected chi connectivity index (χ3v) is 4.26. The molecule has 1 unspecified atom stereocenters. The average molecular weight is 164 g/mol. The van der Waals surface area contributed by atoms with Crippen LogP contribution in [0.25, 0.3) is 0 Å². The van der Waals surface area contributed by atoms with Crippen LogP contribution in [-0.4, -0.2) is 5.80 Å². The van der Waals surface area contributed by atoms with E-state index in [-0.39, 0.29) is 7.38 Å². The van der Waals surface area contributed by atoms with Gasteiger partial charge in [-0.3, -0.25) is 0 Å². The Morgan fingerprint density at radius 2 is 2.50 bits per heavy atom. The molecule has 10 heavy (non-hydrogen) atoms. The van der Waals surface area contributed by atoms with Crippen LogP contribution in [0.3, 0.4) is 0 Å². The molecule has 0 aromatic rings. The van der Waals surface area contributed by atoms with Gasteiger partial charge in [0.25, 0.3) is 0 Å². The molecule has 1 atom stereocenters. The molecule has 0 radical (unpaired) electrons. The van der Waals surface area contributed by atoms with Crippen LogP contribution >= 0.6 is 15.6 Å². The summed E-state index contributed by atoms with van der Waals surface area (Å²) < 4.78 is 0. The lowest BCUT2D eigenvalue weighted by Crippen LogP contribution is -1.77. The van der Waals surface area contributed by atoms with Crippen molar-refractivity contribution in [2.24, 2.45) is 0 Å². The van der Waals surface area contributed by atoms with Gasteiger partial charge in [-0.05, 0) is 37.0 Å². The van der Waals surface area contributed by atoms with Gasteiger partial charge in [-0.2, -0.15) is 0 Å². The Morgan fingerprint density at radius 3 is 3.40 bits per heavy atom. The van der Waals surface area contributed by atoms with Gasteiger partial charge in [0.2, 0.25) is 0 Å². The highest BCUT2D eigenvalue weighted by molar-refractivity contribution is 7.61. The Morgan fingerprint density at radius 1 is 1.50 bits per heavy atom. The van der Waals surface area contributed by atoms with Crippen LogP contribution in [0.4, 0.5) is 0 Å². The molecular weight excluding hydrogens is 158 g/mol. The number of hydrogen-bond donors (Lipinski definition) is 0. The van der Waals surface area contributed by atoms with Crippen LogP contribution in [0.5, 0.6) is 0 Å². The lowest BCUT2D eigenvalue weighted by Gasteiger charge is -2.03. The zero-order valence-corrected chi connectivity index (χ0v) is 7.15. The Hall–Kier alpha value is -0.530. The second-order valence-corrected chi connectivity index (χ2v) is 4.69. The summed E-state index contributed by atoms with van der Waals surface area (Å²) in [6.45, 7) is 0. The molecule has 2 heteroatoms. The Labute approximate surface area is 62.8 Å². The van der Waals surface area contributed by atoms with Crippen LogP contribution in [0.2, 0.25) is 0 Å². The van der Waals surface area contributed by atoms with E-state index in [0.29, 0.717) is 0 Å². The topological polar surface area (TPSA) is 0 Å². The smallest absolute Gasteiger partial charge is 0.00970 e.